The van der Waals surface area contributed by atoms with Gasteiger partial charge in [-0.3, -0.25) is 9.59 Å². The summed E-state index contributed by atoms with van der Waals surface area (Å²) in [6, 6.07) is 2.73. The van der Waals surface area contributed by atoms with E-state index in [-0.39, 0.29) is 17.6 Å². The molecular formula is C13H18BrNO4. The van der Waals surface area contributed by atoms with Crippen molar-refractivity contribution in [2.24, 2.45) is 5.41 Å². The van der Waals surface area contributed by atoms with Crippen molar-refractivity contribution in [3.8, 4) is 0 Å². The third kappa shape index (κ3) is 5.92. The Morgan fingerprint density at radius 1 is 1.42 bits per heavy atom. The van der Waals surface area contributed by atoms with Gasteiger partial charge >= 0.3 is 5.97 Å². The zero-order valence-electron chi connectivity index (χ0n) is 11.2. The molecule has 1 amide bonds. The zero-order chi connectivity index (χ0) is 14.6. The summed E-state index contributed by atoms with van der Waals surface area (Å²) in [6.07, 6.45) is 0.470. The summed E-state index contributed by atoms with van der Waals surface area (Å²) in [6.45, 7) is 5.99. The Labute approximate surface area is 120 Å². The highest BCUT2D eigenvalue weighted by Gasteiger charge is 2.24. The molecule has 5 nitrogen and oxygen atoms in total. The molecule has 1 aromatic rings. The molecule has 0 aliphatic heterocycles. The minimum absolute atomic E-state index is 0.0723. The number of carboxylic acid groups (broad SMARTS) is 1. The summed E-state index contributed by atoms with van der Waals surface area (Å²) in [7, 11) is 0. The highest BCUT2D eigenvalue weighted by molar-refractivity contribution is 9.10. The maximum absolute atomic E-state index is 11.9. The highest BCUT2D eigenvalue weighted by atomic mass is 79.9. The van der Waals surface area contributed by atoms with Crippen LogP contribution < -0.4 is 5.32 Å². The summed E-state index contributed by atoms with van der Waals surface area (Å²) in [5.41, 5.74) is -0.0723. The number of carboxylic acids is 1. The van der Waals surface area contributed by atoms with Crippen LogP contribution in [-0.2, 0) is 4.79 Å². The normalized spacial score (nSPS) is 13.1. The summed E-state index contributed by atoms with van der Waals surface area (Å²) in [5, 5.41) is 11.6. The Bertz CT molecular complexity index is 461. The molecule has 19 heavy (non-hydrogen) atoms. The van der Waals surface area contributed by atoms with Crippen LogP contribution in [0.15, 0.2) is 21.2 Å². The molecule has 0 aromatic carbocycles. The van der Waals surface area contributed by atoms with E-state index in [1.165, 1.54) is 6.07 Å². The molecular weight excluding hydrogens is 314 g/mol. The molecule has 0 radical (unpaired) electrons. The van der Waals surface area contributed by atoms with Gasteiger partial charge in [0.15, 0.2) is 10.4 Å². The molecule has 0 bridgehead atoms. The number of furan rings is 1. The summed E-state index contributed by atoms with van der Waals surface area (Å²) < 4.78 is 5.60. The first-order valence-electron chi connectivity index (χ1n) is 5.95. The average molecular weight is 332 g/mol. The number of nitrogens with one attached hydrogen (secondary N) is 1. The minimum atomic E-state index is -0.935. The molecule has 0 fully saturated rings. The molecule has 0 aliphatic rings. The van der Waals surface area contributed by atoms with Gasteiger partial charge < -0.3 is 14.8 Å². The molecule has 106 valence electrons. The Morgan fingerprint density at radius 2 is 2.05 bits per heavy atom. The van der Waals surface area contributed by atoms with Crippen LogP contribution >= 0.6 is 15.9 Å². The van der Waals surface area contributed by atoms with Gasteiger partial charge in [-0.1, -0.05) is 20.8 Å². The van der Waals surface area contributed by atoms with Gasteiger partial charge in [0.1, 0.15) is 0 Å². The van der Waals surface area contributed by atoms with Gasteiger partial charge in [0, 0.05) is 6.04 Å². The number of halogens is 1. The molecule has 2 N–H and O–H groups in total. The van der Waals surface area contributed by atoms with E-state index in [0.29, 0.717) is 11.1 Å². The maximum Gasteiger partial charge on any atom is 0.305 e. The fourth-order valence-electron chi connectivity index (χ4n) is 1.82. The van der Waals surface area contributed by atoms with Crippen molar-refractivity contribution in [1.82, 2.24) is 5.32 Å². The molecule has 1 unspecified atom stereocenters. The van der Waals surface area contributed by atoms with Gasteiger partial charge in [-0.15, -0.1) is 0 Å². The predicted octanol–water partition coefficient (Wildman–Crippen LogP) is 3.05. The average Bonchev–Trinajstić information content (AvgIpc) is 2.60. The van der Waals surface area contributed by atoms with Crippen LogP contribution in [0.4, 0.5) is 0 Å². The third-order valence-corrected chi connectivity index (χ3v) is 2.84. The second-order valence-corrected chi connectivity index (χ2v) is 6.42. The Hall–Kier alpha value is -1.30. The smallest absolute Gasteiger partial charge is 0.305 e. The standard InChI is InChI=1S/C13H18BrNO4/c1-13(2,3)7-8(6-11(16)17)15-12(18)9-4-5-10(14)19-9/h4-5,8H,6-7H2,1-3H3,(H,15,18)(H,16,17). The van der Waals surface area contributed by atoms with Crippen molar-refractivity contribution >= 4 is 27.8 Å². The molecule has 0 spiro atoms. The maximum atomic E-state index is 11.9. The van der Waals surface area contributed by atoms with E-state index < -0.39 is 17.9 Å². The monoisotopic (exact) mass is 331 g/mol. The van der Waals surface area contributed by atoms with Crippen LogP contribution in [0.1, 0.15) is 44.2 Å². The second-order valence-electron chi connectivity index (χ2n) is 5.64. The van der Waals surface area contributed by atoms with Crippen LogP contribution in [0.2, 0.25) is 0 Å². The van der Waals surface area contributed by atoms with Crippen LogP contribution in [0.3, 0.4) is 0 Å². The Balaban J connectivity index is 2.71. The number of carbonyl (C=O) groups excluding carboxylic acids is 1. The fourth-order valence-corrected chi connectivity index (χ4v) is 2.12. The molecule has 1 heterocycles. The number of carbonyl (C=O) groups is 2. The van der Waals surface area contributed by atoms with Crippen LogP contribution in [0, 0.1) is 5.41 Å². The topological polar surface area (TPSA) is 79.5 Å². The summed E-state index contributed by atoms with van der Waals surface area (Å²) >= 11 is 3.12. The van der Waals surface area contributed by atoms with Crippen LogP contribution in [0.25, 0.3) is 0 Å². The first-order chi connectivity index (χ1) is 8.67. The first kappa shape index (κ1) is 15.8. The van der Waals surface area contributed by atoms with E-state index in [1.807, 2.05) is 20.8 Å². The first-order valence-corrected chi connectivity index (χ1v) is 6.75. The molecule has 0 saturated heterocycles. The van der Waals surface area contributed by atoms with Crippen molar-refractivity contribution in [3.63, 3.8) is 0 Å². The predicted molar refractivity (Wildman–Crippen MR) is 74.0 cm³/mol. The fraction of sp³-hybridized carbons (Fsp3) is 0.538. The summed E-state index contributed by atoms with van der Waals surface area (Å²) in [5.74, 6) is -1.17. The van der Waals surface area contributed by atoms with Gasteiger partial charge in [0.2, 0.25) is 0 Å². The number of aliphatic carboxylic acids is 1. The Morgan fingerprint density at radius 3 is 2.47 bits per heavy atom. The van der Waals surface area contributed by atoms with E-state index in [2.05, 4.69) is 21.2 Å². The van der Waals surface area contributed by atoms with E-state index in [1.54, 1.807) is 6.07 Å². The lowest BCUT2D eigenvalue weighted by Crippen LogP contribution is -2.38. The van der Waals surface area contributed by atoms with E-state index in [9.17, 15) is 9.59 Å². The Kier molecular flexibility index (Phi) is 5.17. The van der Waals surface area contributed by atoms with Crippen molar-refractivity contribution in [1.29, 1.82) is 0 Å². The van der Waals surface area contributed by atoms with Crippen LogP contribution in [-0.4, -0.2) is 23.0 Å². The lowest BCUT2D eigenvalue weighted by Gasteiger charge is -2.25. The van der Waals surface area contributed by atoms with Crippen molar-refractivity contribution in [2.45, 2.75) is 39.7 Å². The second kappa shape index (κ2) is 6.23. The lowest BCUT2D eigenvalue weighted by atomic mass is 9.87. The SMILES string of the molecule is CC(C)(C)CC(CC(=O)O)NC(=O)c1ccc(Br)o1. The van der Waals surface area contributed by atoms with E-state index in [4.69, 9.17) is 9.52 Å². The van der Waals surface area contributed by atoms with Crippen molar-refractivity contribution in [2.75, 3.05) is 0 Å². The number of amides is 1. The number of hydrogen-bond acceptors (Lipinski definition) is 3. The molecule has 1 atom stereocenters. The molecule has 1 rings (SSSR count). The van der Waals surface area contributed by atoms with Crippen LogP contribution in [0.5, 0.6) is 0 Å². The van der Waals surface area contributed by atoms with E-state index in [0.717, 1.165) is 0 Å². The van der Waals surface area contributed by atoms with Crippen molar-refractivity contribution < 1.29 is 19.1 Å². The van der Waals surface area contributed by atoms with Gasteiger partial charge in [-0.25, -0.2) is 0 Å². The third-order valence-electron chi connectivity index (χ3n) is 2.41. The molecule has 0 aliphatic carbocycles. The number of hydrogen-bond donors (Lipinski definition) is 2. The number of rotatable bonds is 5. The minimum Gasteiger partial charge on any atom is -0.481 e. The van der Waals surface area contributed by atoms with Gasteiger partial charge in [-0.05, 0) is 39.9 Å². The molecule has 6 heteroatoms. The summed E-state index contributed by atoms with van der Waals surface area (Å²) in [4.78, 5) is 22.8. The highest BCUT2D eigenvalue weighted by Crippen LogP contribution is 2.22. The van der Waals surface area contributed by atoms with Gasteiger partial charge in [0.25, 0.3) is 5.91 Å². The van der Waals surface area contributed by atoms with Gasteiger partial charge in [0.05, 0.1) is 6.42 Å². The quantitative estimate of drug-likeness (QED) is 0.868. The molecule has 1 aromatic heterocycles. The largest absolute Gasteiger partial charge is 0.481 e. The molecule has 0 saturated carbocycles. The lowest BCUT2D eigenvalue weighted by molar-refractivity contribution is -0.137. The van der Waals surface area contributed by atoms with Crippen molar-refractivity contribution in [3.05, 3.63) is 22.6 Å². The zero-order valence-corrected chi connectivity index (χ0v) is 12.8. The van der Waals surface area contributed by atoms with Gasteiger partial charge in [-0.2, -0.15) is 0 Å². The van der Waals surface area contributed by atoms with E-state index >= 15 is 0 Å².